The van der Waals surface area contributed by atoms with Gasteiger partial charge in [0.25, 0.3) is 0 Å². The summed E-state index contributed by atoms with van der Waals surface area (Å²) in [5, 5.41) is 3.38. The quantitative estimate of drug-likeness (QED) is 0.640. The third-order valence-corrected chi connectivity index (χ3v) is 2.55. The topological polar surface area (TPSA) is 21.3 Å². The van der Waals surface area contributed by atoms with Crippen molar-refractivity contribution in [3.8, 4) is 0 Å². The molecule has 0 heterocycles. The second-order valence-electron chi connectivity index (χ2n) is 5.22. The van der Waals surface area contributed by atoms with Crippen molar-refractivity contribution in [2.24, 2.45) is 5.41 Å². The van der Waals surface area contributed by atoms with E-state index in [4.69, 9.17) is 4.74 Å². The summed E-state index contributed by atoms with van der Waals surface area (Å²) in [6.45, 7) is 7.78. The predicted molar refractivity (Wildman–Crippen MR) is 62.6 cm³/mol. The summed E-state index contributed by atoms with van der Waals surface area (Å²) in [5.41, 5.74) is 0.455. The molecule has 0 radical (unpaired) electrons. The summed E-state index contributed by atoms with van der Waals surface area (Å²) in [6.07, 6.45) is 4.93. The molecule has 0 aliphatic rings. The van der Waals surface area contributed by atoms with E-state index in [-0.39, 0.29) is 0 Å². The maximum absolute atomic E-state index is 5.05. The second-order valence-corrected chi connectivity index (χ2v) is 5.22. The fourth-order valence-corrected chi connectivity index (χ4v) is 1.51. The predicted octanol–water partition coefficient (Wildman–Crippen LogP) is 2.83. The van der Waals surface area contributed by atoms with E-state index in [1.54, 1.807) is 7.11 Å². The second kappa shape index (κ2) is 7.24. The lowest BCUT2D eigenvalue weighted by Crippen LogP contribution is -2.27. The van der Waals surface area contributed by atoms with Gasteiger partial charge in [-0.2, -0.15) is 0 Å². The van der Waals surface area contributed by atoms with Crippen molar-refractivity contribution in [1.29, 1.82) is 0 Å². The monoisotopic (exact) mass is 201 g/mol. The van der Waals surface area contributed by atoms with Crippen LogP contribution in [0.15, 0.2) is 0 Å². The van der Waals surface area contributed by atoms with Crippen molar-refractivity contribution in [2.75, 3.05) is 20.8 Å². The normalized spacial score (nSPS) is 14.4. The molecule has 1 unspecified atom stereocenters. The molecule has 0 amide bonds. The molecule has 0 aromatic rings. The number of methoxy groups -OCH3 is 1. The molecule has 0 saturated carbocycles. The Morgan fingerprint density at radius 3 is 2.29 bits per heavy atom. The third-order valence-electron chi connectivity index (χ3n) is 2.55. The number of rotatable bonds is 7. The summed E-state index contributed by atoms with van der Waals surface area (Å²) < 4.78 is 5.05. The molecule has 2 nitrogen and oxygen atoms in total. The van der Waals surface area contributed by atoms with E-state index in [0.717, 1.165) is 13.0 Å². The van der Waals surface area contributed by atoms with Crippen LogP contribution in [0.25, 0.3) is 0 Å². The van der Waals surface area contributed by atoms with Crippen LogP contribution >= 0.6 is 0 Å². The minimum atomic E-state index is 0.455. The Morgan fingerprint density at radius 2 is 1.86 bits per heavy atom. The van der Waals surface area contributed by atoms with Crippen LogP contribution in [-0.2, 0) is 4.74 Å². The standard InChI is InChI=1S/C12H27NO/c1-12(2,3)9-8-11(13-4)7-6-10-14-5/h11,13H,6-10H2,1-5H3. The minimum absolute atomic E-state index is 0.455. The van der Waals surface area contributed by atoms with Gasteiger partial charge in [0.05, 0.1) is 0 Å². The molecule has 1 N–H and O–H groups in total. The first-order valence-electron chi connectivity index (χ1n) is 5.66. The smallest absolute Gasteiger partial charge is 0.0462 e. The zero-order valence-electron chi connectivity index (χ0n) is 10.5. The number of nitrogens with one attached hydrogen (secondary N) is 1. The molecular formula is C12H27NO. The molecule has 0 spiro atoms. The Morgan fingerprint density at radius 1 is 1.21 bits per heavy atom. The molecule has 0 aliphatic heterocycles. The zero-order valence-corrected chi connectivity index (χ0v) is 10.5. The highest BCUT2D eigenvalue weighted by molar-refractivity contribution is 4.70. The SMILES string of the molecule is CNC(CCCOC)CCC(C)(C)C. The fraction of sp³-hybridized carbons (Fsp3) is 1.00. The maximum Gasteiger partial charge on any atom is 0.0462 e. The molecule has 2 heteroatoms. The van der Waals surface area contributed by atoms with Crippen LogP contribution in [-0.4, -0.2) is 26.8 Å². The van der Waals surface area contributed by atoms with Gasteiger partial charge in [0.15, 0.2) is 0 Å². The van der Waals surface area contributed by atoms with E-state index in [9.17, 15) is 0 Å². The Bertz CT molecular complexity index is 129. The van der Waals surface area contributed by atoms with Gasteiger partial charge in [-0.25, -0.2) is 0 Å². The molecule has 0 rings (SSSR count). The van der Waals surface area contributed by atoms with E-state index in [1.165, 1.54) is 19.3 Å². The lowest BCUT2D eigenvalue weighted by Gasteiger charge is -2.22. The van der Waals surface area contributed by atoms with Crippen LogP contribution < -0.4 is 5.32 Å². The molecule has 0 aromatic heterocycles. The third kappa shape index (κ3) is 8.52. The molecular weight excluding hydrogens is 174 g/mol. The van der Waals surface area contributed by atoms with E-state index in [2.05, 4.69) is 33.1 Å². The van der Waals surface area contributed by atoms with Gasteiger partial charge < -0.3 is 10.1 Å². The lowest BCUT2D eigenvalue weighted by atomic mass is 9.88. The first-order valence-corrected chi connectivity index (χ1v) is 5.66. The molecule has 1 atom stereocenters. The van der Waals surface area contributed by atoms with Gasteiger partial charge in [-0.1, -0.05) is 20.8 Å². The van der Waals surface area contributed by atoms with E-state index in [0.29, 0.717) is 11.5 Å². The highest BCUT2D eigenvalue weighted by atomic mass is 16.5. The Labute approximate surface area is 89.4 Å². The van der Waals surface area contributed by atoms with Gasteiger partial charge in [-0.3, -0.25) is 0 Å². The molecule has 0 aliphatic carbocycles. The van der Waals surface area contributed by atoms with Crippen LogP contribution in [0.2, 0.25) is 0 Å². The van der Waals surface area contributed by atoms with E-state index < -0.39 is 0 Å². The molecule has 86 valence electrons. The van der Waals surface area contributed by atoms with Gasteiger partial charge in [-0.05, 0) is 38.1 Å². The largest absolute Gasteiger partial charge is 0.385 e. The summed E-state index contributed by atoms with van der Waals surface area (Å²) >= 11 is 0. The molecule has 0 saturated heterocycles. The average molecular weight is 201 g/mol. The Balaban J connectivity index is 3.58. The van der Waals surface area contributed by atoms with Crippen molar-refractivity contribution in [3.05, 3.63) is 0 Å². The molecule has 0 bridgehead atoms. The average Bonchev–Trinajstić information content (AvgIpc) is 2.09. The van der Waals surface area contributed by atoms with Gasteiger partial charge in [0.2, 0.25) is 0 Å². The van der Waals surface area contributed by atoms with E-state index >= 15 is 0 Å². The number of ether oxygens (including phenoxy) is 1. The molecule has 14 heavy (non-hydrogen) atoms. The van der Waals surface area contributed by atoms with Crippen LogP contribution in [0.5, 0.6) is 0 Å². The summed E-state index contributed by atoms with van der Waals surface area (Å²) in [4.78, 5) is 0. The first-order chi connectivity index (χ1) is 6.49. The molecule has 0 fully saturated rings. The van der Waals surface area contributed by atoms with Gasteiger partial charge in [0.1, 0.15) is 0 Å². The Hall–Kier alpha value is -0.0800. The Kier molecular flexibility index (Phi) is 7.20. The van der Waals surface area contributed by atoms with Gasteiger partial charge in [0, 0.05) is 19.8 Å². The number of hydrogen-bond acceptors (Lipinski definition) is 2. The maximum atomic E-state index is 5.05. The lowest BCUT2D eigenvalue weighted by molar-refractivity contribution is 0.187. The van der Waals surface area contributed by atoms with Crippen LogP contribution in [0.3, 0.4) is 0 Å². The zero-order chi connectivity index (χ0) is 11.0. The van der Waals surface area contributed by atoms with Crippen molar-refractivity contribution >= 4 is 0 Å². The van der Waals surface area contributed by atoms with E-state index in [1.807, 2.05) is 0 Å². The minimum Gasteiger partial charge on any atom is -0.385 e. The fourth-order valence-electron chi connectivity index (χ4n) is 1.51. The van der Waals surface area contributed by atoms with Gasteiger partial charge >= 0.3 is 0 Å². The van der Waals surface area contributed by atoms with Crippen molar-refractivity contribution in [3.63, 3.8) is 0 Å². The molecule has 0 aromatic carbocycles. The first kappa shape index (κ1) is 13.9. The highest BCUT2D eigenvalue weighted by Gasteiger charge is 2.13. The van der Waals surface area contributed by atoms with Crippen LogP contribution in [0.4, 0.5) is 0 Å². The van der Waals surface area contributed by atoms with Crippen molar-refractivity contribution in [1.82, 2.24) is 5.32 Å². The summed E-state index contributed by atoms with van der Waals surface area (Å²) in [5.74, 6) is 0. The highest BCUT2D eigenvalue weighted by Crippen LogP contribution is 2.22. The van der Waals surface area contributed by atoms with Crippen molar-refractivity contribution < 1.29 is 4.74 Å². The van der Waals surface area contributed by atoms with Crippen molar-refractivity contribution in [2.45, 2.75) is 52.5 Å². The number of hydrogen-bond donors (Lipinski definition) is 1. The van der Waals surface area contributed by atoms with Gasteiger partial charge in [-0.15, -0.1) is 0 Å². The summed E-state index contributed by atoms with van der Waals surface area (Å²) in [6, 6.07) is 0.657. The van der Waals surface area contributed by atoms with Crippen LogP contribution in [0, 0.1) is 5.41 Å². The summed E-state index contributed by atoms with van der Waals surface area (Å²) in [7, 11) is 3.82. The van der Waals surface area contributed by atoms with Crippen LogP contribution in [0.1, 0.15) is 46.5 Å².